The van der Waals surface area contributed by atoms with Crippen LogP contribution in [0.1, 0.15) is 18.9 Å². The van der Waals surface area contributed by atoms with Crippen molar-refractivity contribution in [3.63, 3.8) is 0 Å². The fourth-order valence-electron chi connectivity index (χ4n) is 3.49. The molecule has 1 saturated heterocycles. The summed E-state index contributed by atoms with van der Waals surface area (Å²) in [5.41, 5.74) is 5.72. The number of likely N-dealkylation sites (tertiary alicyclic amines) is 1. The summed E-state index contributed by atoms with van der Waals surface area (Å²) >= 11 is 0. The SMILES string of the molecule is CC1CC(CN)CN1C(=O)Cn1c(=O)ccn(Cc2ccccc2)c1=O. The number of nitrogens with two attached hydrogens (primary N) is 1. The minimum absolute atomic E-state index is 0.0713. The van der Waals surface area contributed by atoms with E-state index in [1.807, 2.05) is 37.3 Å². The molecule has 1 amide bonds. The zero-order valence-electron chi connectivity index (χ0n) is 14.9. The molecule has 2 unspecified atom stereocenters. The molecule has 0 aliphatic carbocycles. The Morgan fingerprint density at radius 2 is 1.92 bits per heavy atom. The predicted octanol–water partition coefficient (Wildman–Crippen LogP) is 0.254. The van der Waals surface area contributed by atoms with Gasteiger partial charge in [-0.15, -0.1) is 0 Å². The summed E-state index contributed by atoms with van der Waals surface area (Å²) in [6.07, 6.45) is 2.33. The smallest absolute Gasteiger partial charge is 0.331 e. The van der Waals surface area contributed by atoms with Crippen LogP contribution in [-0.2, 0) is 17.9 Å². The summed E-state index contributed by atoms with van der Waals surface area (Å²) in [6.45, 7) is 3.19. The van der Waals surface area contributed by atoms with E-state index in [1.165, 1.54) is 16.8 Å². The van der Waals surface area contributed by atoms with Gasteiger partial charge in [-0.2, -0.15) is 0 Å². The maximum atomic E-state index is 12.7. The van der Waals surface area contributed by atoms with E-state index in [0.29, 0.717) is 19.6 Å². The Labute approximate surface area is 151 Å². The van der Waals surface area contributed by atoms with Gasteiger partial charge in [0.25, 0.3) is 5.56 Å². The lowest BCUT2D eigenvalue weighted by atomic mass is 10.1. The first-order chi connectivity index (χ1) is 12.5. The Balaban J connectivity index is 1.82. The van der Waals surface area contributed by atoms with Gasteiger partial charge < -0.3 is 10.6 Å². The second-order valence-corrected chi connectivity index (χ2v) is 6.87. The fraction of sp³-hybridized carbons (Fsp3) is 0.421. The summed E-state index contributed by atoms with van der Waals surface area (Å²) in [5.74, 6) is 0.0568. The molecule has 2 atom stereocenters. The van der Waals surface area contributed by atoms with E-state index < -0.39 is 11.2 Å². The van der Waals surface area contributed by atoms with E-state index in [-0.39, 0.29) is 24.4 Å². The van der Waals surface area contributed by atoms with Crippen molar-refractivity contribution >= 4 is 5.91 Å². The molecular formula is C19H24N4O3. The standard InChI is InChI=1S/C19H24N4O3/c1-14-9-16(10-20)12-22(14)18(25)13-23-17(24)7-8-21(19(23)26)11-15-5-3-2-4-6-15/h2-8,14,16H,9-13,20H2,1H3. The molecule has 2 heterocycles. The van der Waals surface area contributed by atoms with Gasteiger partial charge in [0.1, 0.15) is 6.54 Å². The van der Waals surface area contributed by atoms with Gasteiger partial charge in [0.05, 0.1) is 6.54 Å². The van der Waals surface area contributed by atoms with Crippen molar-refractivity contribution in [3.05, 3.63) is 69.0 Å². The van der Waals surface area contributed by atoms with Crippen molar-refractivity contribution in [2.24, 2.45) is 11.7 Å². The topological polar surface area (TPSA) is 90.3 Å². The van der Waals surface area contributed by atoms with Gasteiger partial charge in [-0.1, -0.05) is 30.3 Å². The zero-order valence-corrected chi connectivity index (χ0v) is 14.9. The van der Waals surface area contributed by atoms with Crippen LogP contribution in [0.25, 0.3) is 0 Å². The summed E-state index contributed by atoms with van der Waals surface area (Å²) < 4.78 is 2.45. The first kappa shape index (κ1) is 18.1. The molecule has 3 rings (SSSR count). The highest BCUT2D eigenvalue weighted by Crippen LogP contribution is 2.22. The zero-order chi connectivity index (χ0) is 18.7. The Morgan fingerprint density at radius 1 is 1.19 bits per heavy atom. The number of rotatable bonds is 5. The molecule has 0 bridgehead atoms. The van der Waals surface area contributed by atoms with Crippen LogP contribution in [0.4, 0.5) is 0 Å². The van der Waals surface area contributed by atoms with Crippen molar-refractivity contribution in [2.45, 2.75) is 32.5 Å². The van der Waals surface area contributed by atoms with Crippen LogP contribution in [0.15, 0.2) is 52.2 Å². The largest absolute Gasteiger partial charge is 0.338 e. The molecule has 7 heteroatoms. The monoisotopic (exact) mass is 356 g/mol. The molecular weight excluding hydrogens is 332 g/mol. The first-order valence-corrected chi connectivity index (χ1v) is 8.83. The molecule has 7 nitrogen and oxygen atoms in total. The minimum atomic E-state index is -0.475. The average molecular weight is 356 g/mol. The van der Waals surface area contributed by atoms with Gasteiger partial charge in [-0.25, -0.2) is 4.79 Å². The van der Waals surface area contributed by atoms with E-state index in [0.717, 1.165) is 16.6 Å². The van der Waals surface area contributed by atoms with Crippen molar-refractivity contribution in [1.29, 1.82) is 0 Å². The van der Waals surface area contributed by atoms with Gasteiger partial charge in [-0.05, 0) is 31.4 Å². The second-order valence-electron chi connectivity index (χ2n) is 6.87. The lowest BCUT2D eigenvalue weighted by molar-refractivity contribution is -0.132. The maximum absolute atomic E-state index is 12.7. The Hall–Kier alpha value is -2.67. The predicted molar refractivity (Wildman–Crippen MR) is 98.8 cm³/mol. The van der Waals surface area contributed by atoms with Gasteiger partial charge in [0, 0.05) is 24.8 Å². The minimum Gasteiger partial charge on any atom is -0.338 e. The van der Waals surface area contributed by atoms with Crippen molar-refractivity contribution < 1.29 is 4.79 Å². The number of benzene rings is 1. The molecule has 1 aliphatic rings. The number of hydrogen-bond acceptors (Lipinski definition) is 4. The van der Waals surface area contributed by atoms with Crippen LogP contribution >= 0.6 is 0 Å². The highest BCUT2D eigenvalue weighted by molar-refractivity contribution is 5.76. The van der Waals surface area contributed by atoms with Crippen molar-refractivity contribution in [1.82, 2.24) is 14.0 Å². The van der Waals surface area contributed by atoms with Gasteiger partial charge in [0.2, 0.25) is 5.91 Å². The van der Waals surface area contributed by atoms with Crippen LogP contribution in [0.3, 0.4) is 0 Å². The van der Waals surface area contributed by atoms with E-state index in [2.05, 4.69) is 0 Å². The Kier molecular flexibility index (Phi) is 5.37. The molecule has 0 saturated carbocycles. The van der Waals surface area contributed by atoms with Crippen molar-refractivity contribution in [2.75, 3.05) is 13.1 Å². The summed E-state index contributed by atoms with van der Waals surface area (Å²) in [5, 5.41) is 0. The molecule has 2 N–H and O–H groups in total. The highest BCUT2D eigenvalue weighted by Gasteiger charge is 2.31. The van der Waals surface area contributed by atoms with E-state index in [1.54, 1.807) is 4.90 Å². The molecule has 1 aromatic carbocycles. The fourth-order valence-corrected chi connectivity index (χ4v) is 3.49. The average Bonchev–Trinajstić information content (AvgIpc) is 3.03. The lowest BCUT2D eigenvalue weighted by Gasteiger charge is -2.22. The van der Waals surface area contributed by atoms with Crippen LogP contribution < -0.4 is 17.0 Å². The number of nitrogens with zero attached hydrogens (tertiary/aromatic N) is 3. The van der Waals surface area contributed by atoms with Crippen LogP contribution in [-0.4, -0.2) is 39.1 Å². The molecule has 138 valence electrons. The molecule has 26 heavy (non-hydrogen) atoms. The van der Waals surface area contributed by atoms with E-state index in [4.69, 9.17) is 5.73 Å². The Morgan fingerprint density at radius 3 is 2.58 bits per heavy atom. The summed E-state index contributed by atoms with van der Waals surface area (Å²) in [6, 6.07) is 10.9. The highest BCUT2D eigenvalue weighted by atomic mass is 16.2. The number of amides is 1. The number of carbonyl (C=O) groups excluding carboxylic acids is 1. The summed E-state index contributed by atoms with van der Waals surface area (Å²) in [7, 11) is 0. The van der Waals surface area contributed by atoms with Crippen LogP contribution in [0.5, 0.6) is 0 Å². The maximum Gasteiger partial charge on any atom is 0.331 e. The van der Waals surface area contributed by atoms with Crippen LogP contribution in [0.2, 0.25) is 0 Å². The number of carbonyl (C=O) groups is 1. The molecule has 0 spiro atoms. The van der Waals surface area contributed by atoms with Gasteiger partial charge in [-0.3, -0.25) is 18.7 Å². The molecule has 1 fully saturated rings. The quantitative estimate of drug-likeness (QED) is 0.832. The summed E-state index contributed by atoms with van der Waals surface area (Å²) in [4.78, 5) is 39.2. The first-order valence-electron chi connectivity index (χ1n) is 8.83. The van der Waals surface area contributed by atoms with Gasteiger partial charge >= 0.3 is 5.69 Å². The van der Waals surface area contributed by atoms with Gasteiger partial charge in [0.15, 0.2) is 0 Å². The Bertz CT molecular complexity index is 888. The molecule has 1 aromatic heterocycles. The number of hydrogen-bond donors (Lipinski definition) is 1. The van der Waals surface area contributed by atoms with E-state index >= 15 is 0 Å². The third kappa shape index (κ3) is 3.77. The molecule has 0 radical (unpaired) electrons. The number of aromatic nitrogens is 2. The van der Waals surface area contributed by atoms with Crippen molar-refractivity contribution in [3.8, 4) is 0 Å². The second kappa shape index (κ2) is 7.70. The molecule has 1 aliphatic heterocycles. The molecule has 2 aromatic rings. The van der Waals surface area contributed by atoms with E-state index in [9.17, 15) is 14.4 Å². The normalized spacial score (nSPS) is 19.7. The lowest BCUT2D eigenvalue weighted by Crippen LogP contribution is -2.45. The third-order valence-electron chi connectivity index (χ3n) is 4.94. The third-order valence-corrected chi connectivity index (χ3v) is 4.94. The van der Waals surface area contributed by atoms with Crippen LogP contribution in [0, 0.1) is 5.92 Å².